The zero-order chi connectivity index (χ0) is 25.8. The molecule has 0 aromatic carbocycles. The second kappa shape index (κ2) is 7.48. The molecule has 2 N–H and O–H groups in total. The SMILES string of the molecule is N=S(=O)(c1cnn(CC2CC3(C2)CN(C(=O)N2CC4(CC(c5nc(C6CC6)n[nH]5)C4)C2)C3)c1)C(F)(F)F. The molecule has 0 radical (unpaired) electrons. The molecule has 2 aromatic rings. The van der Waals surface area contributed by atoms with Crippen LogP contribution in [0.3, 0.4) is 0 Å². The largest absolute Gasteiger partial charge is 0.483 e. The first-order valence-corrected chi connectivity index (χ1v) is 14.3. The fraction of sp³-hybridized carbons (Fsp3) is 0.739. The molecular formula is C23H29F3N8O2S. The highest BCUT2D eigenvalue weighted by molar-refractivity contribution is 7.93. The minimum absolute atomic E-state index is 0.0981. The molecule has 2 saturated heterocycles. The number of aromatic nitrogens is 5. The molecule has 4 heterocycles. The van der Waals surface area contributed by atoms with Gasteiger partial charge in [0.2, 0.25) is 0 Å². The van der Waals surface area contributed by atoms with Gasteiger partial charge < -0.3 is 9.80 Å². The Balaban J connectivity index is 0.847. The van der Waals surface area contributed by atoms with Gasteiger partial charge in [-0.2, -0.15) is 23.4 Å². The first-order valence-electron chi connectivity index (χ1n) is 12.8. The number of nitrogens with zero attached hydrogens (tertiary/aromatic N) is 6. The van der Waals surface area contributed by atoms with Crippen molar-refractivity contribution in [3.63, 3.8) is 0 Å². The summed E-state index contributed by atoms with van der Waals surface area (Å²) in [5, 5.41) is 11.4. The molecule has 2 amide bonds. The summed E-state index contributed by atoms with van der Waals surface area (Å²) >= 11 is 0. The number of H-pyrrole nitrogens is 1. The first-order chi connectivity index (χ1) is 17.4. The van der Waals surface area contributed by atoms with E-state index >= 15 is 0 Å². The zero-order valence-electron chi connectivity index (χ0n) is 20.2. The Kier molecular flexibility index (Phi) is 4.74. The van der Waals surface area contributed by atoms with E-state index in [-0.39, 0.29) is 22.8 Å². The van der Waals surface area contributed by atoms with Crippen LogP contribution >= 0.6 is 0 Å². The molecule has 3 saturated carbocycles. The number of likely N-dealkylation sites (tertiary alicyclic amines) is 2. The molecule has 10 nitrogen and oxygen atoms in total. The molecule has 200 valence electrons. The van der Waals surface area contributed by atoms with Crippen LogP contribution in [0.1, 0.15) is 62.0 Å². The molecule has 37 heavy (non-hydrogen) atoms. The third kappa shape index (κ3) is 3.76. The smallest absolute Gasteiger partial charge is 0.323 e. The molecule has 2 aromatic heterocycles. The van der Waals surface area contributed by atoms with Gasteiger partial charge in [-0.15, -0.1) is 0 Å². The van der Waals surface area contributed by atoms with Crippen molar-refractivity contribution >= 4 is 15.8 Å². The Labute approximate surface area is 211 Å². The summed E-state index contributed by atoms with van der Waals surface area (Å²) in [5.41, 5.74) is -4.79. The van der Waals surface area contributed by atoms with Crippen LogP contribution in [0.15, 0.2) is 17.3 Å². The van der Waals surface area contributed by atoms with Crippen molar-refractivity contribution in [1.29, 1.82) is 4.78 Å². The normalized spacial score (nSPS) is 26.4. The van der Waals surface area contributed by atoms with Gasteiger partial charge in [0.1, 0.15) is 5.82 Å². The fourth-order valence-corrected chi connectivity index (χ4v) is 7.71. The van der Waals surface area contributed by atoms with E-state index in [0.29, 0.717) is 18.4 Å². The van der Waals surface area contributed by atoms with Gasteiger partial charge in [0, 0.05) is 61.6 Å². The maximum atomic E-state index is 12.9. The summed E-state index contributed by atoms with van der Waals surface area (Å²) in [5.74, 6) is 3.17. The van der Waals surface area contributed by atoms with E-state index < -0.39 is 20.1 Å². The highest BCUT2D eigenvalue weighted by atomic mass is 32.2. The van der Waals surface area contributed by atoms with Gasteiger partial charge in [0.15, 0.2) is 15.6 Å². The maximum Gasteiger partial charge on any atom is 0.483 e. The summed E-state index contributed by atoms with van der Waals surface area (Å²) in [6.45, 7) is 3.46. The molecule has 2 spiro atoms. The molecule has 5 aliphatic rings. The Morgan fingerprint density at radius 3 is 2.30 bits per heavy atom. The van der Waals surface area contributed by atoms with Crippen molar-refractivity contribution in [3.05, 3.63) is 24.0 Å². The van der Waals surface area contributed by atoms with Crippen LogP contribution in [0, 0.1) is 21.5 Å². The Morgan fingerprint density at radius 1 is 1.08 bits per heavy atom. The summed E-state index contributed by atoms with van der Waals surface area (Å²) < 4.78 is 58.8. The number of hydrogen-bond donors (Lipinski definition) is 2. The van der Waals surface area contributed by atoms with Crippen LogP contribution in [0.4, 0.5) is 18.0 Å². The van der Waals surface area contributed by atoms with Crippen LogP contribution in [0.25, 0.3) is 0 Å². The topological polar surface area (TPSA) is 124 Å². The lowest BCUT2D eigenvalue weighted by Gasteiger charge is -2.63. The highest BCUT2D eigenvalue weighted by Gasteiger charge is 2.58. The molecule has 5 fully saturated rings. The predicted octanol–water partition coefficient (Wildman–Crippen LogP) is 3.52. The Morgan fingerprint density at radius 2 is 1.70 bits per heavy atom. The van der Waals surface area contributed by atoms with Crippen molar-refractivity contribution in [2.24, 2.45) is 16.7 Å². The lowest BCUT2D eigenvalue weighted by atomic mass is 9.57. The number of rotatable bonds is 5. The van der Waals surface area contributed by atoms with Gasteiger partial charge in [-0.05, 0) is 44.4 Å². The van der Waals surface area contributed by atoms with Crippen molar-refractivity contribution in [2.75, 3.05) is 26.2 Å². The van der Waals surface area contributed by atoms with Crippen LogP contribution in [0.5, 0.6) is 0 Å². The van der Waals surface area contributed by atoms with E-state index in [2.05, 4.69) is 20.3 Å². The standard InChI is InChI=1S/C23H29F3N8O2S/c24-23(25,26)37(27,36)17-7-28-34(9-17)8-14-3-21(4-14)10-32(11-21)20(35)33-12-22(13-33)5-16(6-22)19-29-18(30-31-19)15-1-2-15/h7,9,14-16,27H,1-6,8,10-13H2,(H,29,30,31). The van der Waals surface area contributed by atoms with E-state index in [1.54, 1.807) is 0 Å². The number of urea groups is 1. The lowest BCUT2D eigenvalue weighted by Crippen LogP contribution is -2.71. The monoisotopic (exact) mass is 538 g/mol. The average Bonchev–Trinajstić information content (AvgIpc) is 3.25. The molecule has 2 aliphatic heterocycles. The second-order valence-corrected chi connectivity index (χ2v) is 14.2. The van der Waals surface area contributed by atoms with Gasteiger partial charge in [0.05, 0.1) is 11.1 Å². The average molecular weight is 539 g/mol. The molecule has 3 aliphatic carbocycles. The minimum atomic E-state index is -5.11. The predicted molar refractivity (Wildman–Crippen MR) is 124 cm³/mol. The van der Waals surface area contributed by atoms with Crippen LogP contribution in [0.2, 0.25) is 0 Å². The molecule has 7 rings (SSSR count). The van der Waals surface area contributed by atoms with Gasteiger partial charge >= 0.3 is 11.5 Å². The van der Waals surface area contributed by atoms with E-state index in [1.807, 2.05) is 9.80 Å². The lowest BCUT2D eigenvalue weighted by molar-refractivity contribution is -0.103. The quantitative estimate of drug-likeness (QED) is 0.603. The number of alkyl halides is 3. The van der Waals surface area contributed by atoms with Crippen LogP contribution in [-0.4, -0.2) is 76.7 Å². The Bertz CT molecular complexity index is 1340. The molecular weight excluding hydrogens is 509 g/mol. The Hall–Kier alpha value is -2.64. The molecule has 0 bridgehead atoms. The van der Waals surface area contributed by atoms with Crippen LogP contribution < -0.4 is 0 Å². The number of halogens is 3. The van der Waals surface area contributed by atoms with Crippen molar-refractivity contribution in [2.45, 2.75) is 67.3 Å². The minimum Gasteiger partial charge on any atom is -0.323 e. The third-order valence-corrected chi connectivity index (χ3v) is 10.5. The van der Waals surface area contributed by atoms with Gasteiger partial charge in [-0.3, -0.25) is 9.78 Å². The van der Waals surface area contributed by atoms with Gasteiger partial charge in [-0.25, -0.2) is 18.8 Å². The van der Waals surface area contributed by atoms with Gasteiger partial charge in [-0.1, -0.05) is 0 Å². The van der Waals surface area contributed by atoms with E-state index in [9.17, 15) is 22.2 Å². The van der Waals surface area contributed by atoms with E-state index in [4.69, 9.17) is 4.78 Å². The van der Waals surface area contributed by atoms with Crippen molar-refractivity contribution < 1.29 is 22.2 Å². The zero-order valence-corrected chi connectivity index (χ0v) is 21.0. The number of carbonyl (C=O) groups excluding carboxylic acids is 1. The number of carbonyl (C=O) groups is 1. The van der Waals surface area contributed by atoms with Crippen molar-refractivity contribution in [3.8, 4) is 0 Å². The summed E-state index contributed by atoms with van der Waals surface area (Å²) in [6, 6.07) is 0.105. The highest BCUT2D eigenvalue weighted by Crippen LogP contribution is 2.57. The summed E-state index contributed by atoms with van der Waals surface area (Å²) in [7, 11) is -4.88. The molecule has 14 heteroatoms. The molecule has 1 atom stereocenters. The van der Waals surface area contributed by atoms with E-state index in [0.717, 1.165) is 75.9 Å². The van der Waals surface area contributed by atoms with Gasteiger partial charge in [0.25, 0.3) is 0 Å². The summed E-state index contributed by atoms with van der Waals surface area (Å²) in [6.07, 6.45) is 8.19. The number of hydrogen-bond acceptors (Lipinski definition) is 6. The number of amides is 2. The third-order valence-electron chi connectivity index (χ3n) is 9.01. The van der Waals surface area contributed by atoms with Crippen LogP contribution in [-0.2, 0) is 16.3 Å². The fourth-order valence-electron chi connectivity index (χ4n) is 6.97. The summed E-state index contributed by atoms with van der Waals surface area (Å²) in [4.78, 5) is 20.8. The molecule has 1 unspecified atom stereocenters. The number of nitrogens with one attached hydrogen (secondary N) is 2. The second-order valence-electron chi connectivity index (χ2n) is 12.1. The van der Waals surface area contributed by atoms with Crippen molar-refractivity contribution in [1.82, 2.24) is 34.8 Å². The number of aromatic amines is 1. The first kappa shape index (κ1) is 23.5. The van der Waals surface area contributed by atoms with E-state index in [1.165, 1.54) is 17.5 Å². The maximum absolute atomic E-state index is 12.9.